The third kappa shape index (κ3) is 3.45. The Morgan fingerprint density at radius 3 is 2.44 bits per heavy atom. The molecule has 0 saturated carbocycles. The van der Waals surface area contributed by atoms with E-state index in [-0.39, 0.29) is 23.9 Å². The molecule has 1 aliphatic heterocycles. The summed E-state index contributed by atoms with van der Waals surface area (Å²) in [5, 5.41) is 0. The molecule has 0 unspecified atom stereocenters. The summed E-state index contributed by atoms with van der Waals surface area (Å²) >= 11 is 0. The van der Waals surface area contributed by atoms with Gasteiger partial charge in [-0.05, 0) is 33.6 Å². The Balaban J connectivity index is 2.70. The topological polar surface area (TPSA) is 66.6 Å². The van der Waals surface area contributed by atoms with E-state index < -0.39 is 6.04 Å². The van der Waals surface area contributed by atoms with Gasteiger partial charge in [-0.25, -0.2) is 0 Å². The van der Waals surface area contributed by atoms with Crippen molar-refractivity contribution >= 4 is 11.8 Å². The molecule has 0 aromatic heterocycles. The number of carbonyl (C=O) groups excluding carboxylic acids is 2. The van der Waals surface area contributed by atoms with Crippen LogP contribution in [0, 0.1) is 0 Å². The minimum Gasteiger partial charge on any atom is -0.338 e. The zero-order chi connectivity index (χ0) is 13.9. The summed E-state index contributed by atoms with van der Waals surface area (Å²) in [4.78, 5) is 27.2. The van der Waals surface area contributed by atoms with Gasteiger partial charge >= 0.3 is 0 Å². The van der Waals surface area contributed by atoms with E-state index in [4.69, 9.17) is 5.73 Å². The van der Waals surface area contributed by atoms with E-state index in [9.17, 15) is 9.59 Å². The number of amides is 2. The predicted molar refractivity (Wildman–Crippen MR) is 70.9 cm³/mol. The van der Waals surface area contributed by atoms with Gasteiger partial charge in [0.05, 0.1) is 6.04 Å². The van der Waals surface area contributed by atoms with Crippen molar-refractivity contribution in [2.45, 2.75) is 58.7 Å². The Hall–Kier alpha value is -1.10. The van der Waals surface area contributed by atoms with Crippen molar-refractivity contribution in [2.75, 3.05) is 13.1 Å². The van der Waals surface area contributed by atoms with Crippen LogP contribution in [0.15, 0.2) is 0 Å². The van der Waals surface area contributed by atoms with E-state index in [1.807, 2.05) is 23.6 Å². The van der Waals surface area contributed by atoms with Crippen molar-refractivity contribution in [3.8, 4) is 0 Å². The van der Waals surface area contributed by atoms with Crippen LogP contribution in [0.1, 0.15) is 40.5 Å². The molecule has 0 aliphatic carbocycles. The standard InChI is InChI=1S/C13H25N3O2/c1-9(2)16(11(4)17)8-12-6-5-7-15(12)13(18)10(3)14/h9-10,12H,5-8,14H2,1-4H3/t10-,12-/m0/s1. The quantitative estimate of drug-likeness (QED) is 0.799. The van der Waals surface area contributed by atoms with Crippen LogP contribution in [-0.2, 0) is 9.59 Å². The molecule has 2 amide bonds. The third-order valence-corrected chi connectivity index (χ3v) is 3.49. The van der Waals surface area contributed by atoms with Crippen LogP contribution in [-0.4, -0.2) is 52.8 Å². The van der Waals surface area contributed by atoms with Crippen LogP contribution >= 0.6 is 0 Å². The fraction of sp³-hybridized carbons (Fsp3) is 0.846. The number of nitrogens with two attached hydrogens (primary N) is 1. The normalized spacial score (nSPS) is 21.2. The molecule has 0 aromatic carbocycles. The zero-order valence-electron chi connectivity index (χ0n) is 11.8. The summed E-state index contributed by atoms with van der Waals surface area (Å²) in [5.74, 6) is 0.0508. The van der Waals surface area contributed by atoms with Crippen LogP contribution in [0.4, 0.5) is 0 Å². The SMILES string of the molecule is CC(=O)N(C[C@@H]1CCCN1C(=O)[C@H](C)N)C(C)C. The van der Waals surface area contributed by atoms with Crippen LogP contribution in [0.3, 0.4) is 0 Å². The Kier molecular flexibility index (Phi) is 5.14. The maximum atomic E-state index is 12.0. The fourth-order valence-electron chi connectivity index (χ4n) is 2.51. The molecule has 1 aliphatic rings. The van der Waals surface area contributed by atoms with Gasteiger partial charge in [-0.2, -0.15) is 0 Å². The molecule has 1 saturated heterocycles. The monoisotopic (exact) mass is 255 g/mol. The minimum absolute atomic E-state index is 0.00948. The van der Waals surface area contributed by atoms with Crippen molar-refractivity contribution < 1.29 is 9.59 Å². The van der Waals surface area contributed by atoms with Crippen molar-refractivity contribution in [3.63, 3.8) is 0 Å². The lowest BCUT2D eigenvalue weighted by Crippen LogP contribution is -2.50. The minimum atomic E-state index is -0.463. The van der Waals surface area contributed by atoms with Gasteiger partial charge < -0.3 is 15.5 Å². The number of hydrogen-bond acceptors (Lipinski definition) is 3. The summed E-state index contributed by atoms with van der Waals surface area (Å²) in [6, 6.07) is -0.180. The maximum Gasteiger partial charge on any atom is 0.239 e. The third-order valence-electron chi connectivity index (χ3n) is 3.49. The second-order valence-corrected chi connectivity index (χ2v) is 5.38. The van der Waals surface area contributed by atoms with Gasteiger partial charge in [0.15, 0.2) is 0 Å². The molecular formula is C13H25N3O2. The number of likely N-dealkylation sites (tertiary alicyclic amines) is 1. The first-order valence-electron chi connectivity index (χ1n) is 6.67. The number of hydrogen-bond donors (Lipinski definition) is 1. The molecular weight excluding hydrogens is 230 g/mol. The second kappa shape index (κ2) is 6.18. The Labute approximate surface area is 109 Å². The van der Waals surface area contributed by atoms with E-state index in [2.05, 4.69) is 0 Å². The van der Waals surface area contributed by atoms with Gasteiger partial charge in [0.1, 0.15) is 0 Å². The van der Waals surface area contributed by atoms with E-state index in [0.29, 0.717) is 6.54 Å². The highest BCUT2D eigenvalue weighted by atomic mass is 16.2. The first kappa shape index (κ1) is 15.0. The van der Waals surface area contributed by atoms with Crippen molar-refractivity contribution in [3.05, 3.63) is 0 Å². The number of nitrogens with zero attached hydrogens (tertiary/aromatic N) is 2. The molecule has 1 fully saturated rings. The summed E-state index contributed by atoms with van der Waals surface area (Å²) in [6.45, 7) is 8.65. The first-order chi connectivity index (χ1) is 8.34. The molecule has 0 spiro atoms. The van der Waals surface area contributed by atoms with E-state index in [0.717, 1.165) is 19.4 Å². The molecule has 5 nitrogen and oxygen atoms in total. The largest absolute Gasteiger partial charge is 0.338 e. The molecule has 104 valence electrons. The van der Waals surface area contributed by atoms with Crippen molar-refractivity contribution in [1.82, 2.24) is 9.80 Å². The Morgan fingerprint density at radius 1 is 1.39 bits per heavy atom. The molecule has 2 atom stereocenters. The Bertz CT molecular complexity index is 315. The maximum absolute atomic E-state index is 12.0. The lowest BCUT2D eigenvalue weighted by atomic mass is 10.1. The summed E-state index contributed by atoms with van der Waals surface area (Å²) in [5.41, 5.74) is 5.66. The highest BCUT2D eigenvalue weighted by molar-refractivity contribution is 5.82. The van der Waals surface area contributed by atoms with E-state index >= 15 is 0 Å². The van der Waals surface area contributed by atoms with Crippen LogP contribution in [0.25, 0.3) is 0 Å². The molecule has 1 rings (SSSR count). The van der Waals surface area contributed by atoms with Crippen LogP contribution in [0.2, 0.25) is 0 Å². The lowest BCUT2D eigenvalue weighted by Gasteiger charge is -2.33. The van der Waals surface area contributed by atoms with E-state index in [1.165, 1.54) is 0 Å². The van der Waals surface area contributed by atoms with Gasteiger partial charge in [0.2, 0.25) is 11.8 Å². The summed E-state index contributed by atoms with van der Waals surface area (Å²) in [6.07, 6.45) is 1.95. The van der Waals surface area contributed by atoms with Gasteiger partial charge in [-0.3, -0.25) is 9.59 Å². The van der Waals surface area contributed by atoms with Crippen LogP contribution in [0.5, 0.6) is 0 Å². The molecule has 5 heteroatoms. The Morgan fingerprint density at radius 2 is 2.00 bits per heavy atom. The average Bonchev–Trinajstić information content (AvgIpc) is 2.71. The predicted octanol–water partition coefficient (Wildman–Crippen LogP) is 0.582. The molecule has 0 aromatic rings. The number of carbonyl (C=O) groups is 2. The van der Waals surface area contributed by atoms with Crippen molar-refractivity contribution in [1.29, 1.82) is 0 Å². The first-order valence-corrected chi connectivity index (χ1v) is 6.67. The highest BCUT2D eigenvalue weighted by Crippen LogP contribution is 2.20. The van der Waals surface area contributed by atoms with E-state index in [1.54, 1.807) is 13.8 Å². The van der Waals surface area contributed by atoms with Gasteiger partial charge in [0.25, 0.3) is 0 Å². The lowest BCUT2D eigenvalue weighted by molar-refractivity contribution is -0.137. The number of rotatable bonds is 4. The fourth-order valence-corrected chi connectivity index (χ4v) is 2.51. The summed E-state index contributed by atoms with van der Waals surface area (Å²) < 4.78 is 0. The molecule has 18 heavy (non-hydrogen) atoms. The molecule has 1 heterocycles. The summed E-state index contributed by atoms with van der Waals surface area (Å²) in [7, 11) is 0. The van der Waals surface area contributed by atoms with Crippen LogP contribution < -0.4 is 5.73 Å². The highest BCUT2D eigenvalue weighted by Gasteiger charge is 2.32. The molecule has 0 bridgehead atoms. The molecule has 0 radical (unpaired) electrons. The van der Waals surface area contributed by atoms with Gasteiger partial charge in [0, 0.05) is 32.1 Å². The van der Waals surface area contributed by atoms with Crippen molar-refractivity contribution in [2.24, 2.45) is 5.73 Å². The van der Waals surface area contributed by atoms with Gasteiger partial charge in [-0.15, -0.1) is 0 Å². The average molecular weight is 255 g/mol. The smallest absolute Gasteiger partial charge is 0.239 e. The molecule has 2 N–H and O–H groups in total. The zero-order valence-corrected chi connectivity index (χ0v) is 11.8. The second-order valence-electron chi connectivity index (χ2n) is 5.38. The van der Waals surface area contributed by atoms with Gasteiger partial charge in [-0.1, -0.05) is 0 Å².